The normalized spacial score (nSPS) is 11.4. The highest BCUT2D eigenvalue weighted by Gasteiger charge is 2.29. The lowest BCUT2D eigenvalue weighted by Crippen LogP contribution is -2.11. The Bertz CT molecular complexity index is 4320. The second kappa shape index (κ2) is 19.4. The first-order valence-electron chi connectivity index (χ1n) is 25.8. The number of benzene rings is 9. The molecule has 12 aromatic rings. The number of H-pyrrole nitrogens is 2. The van der Waals surface area contributed by atoms with Gasteiger partial charge < -0.3 is 41.3 Å². The van der Waals surface area contributed by atoms with Gasteiger partial charge in [0.1, 0.15) is 34.0 Å². The SMILES string of the molecule is CCOc1c(Nc2ccccc2)c(Nc2ccccc2)c(Nc2cccc3c4nc5nc(nc6[nH]c(nc7nc(nc([nH]4)c23)-c2ccccc2-7)c2ccccc62)-c2ccccc2-5)c(Nc2ccccc2)c1Nc1ccccc1. The van der Waals surface area contributed by atoms with Crippen molar-refractivity contribution in [2.24, 2.45) is 0 Å². The highest BCUT2D eigenvalue weighted by Crippen LogP contribution is 2.56. The van der Waals surface area contributed by atoms with E-state index in [2.05, 4.69) is 48.7 Å². The minimum absolute atomic E-state index is 0.375. The van der Waals surface area contributed by atoms with E-state index < -0.39 is 0 Å². The number of hydrogen-bond acceptors (Lipinski definition) is 12. The Morgan fingerprint density at radius 1 is 0.321 bits per heavy atom. The Hall–Kier alpha value is -10.9. The Morgan fingerprint density at radius 2 is 0.654 bits per heavy atom. The predicted molar refractivity (Wildman–Crippen MR) is 316 cm³/mol. The lowest BCUT2D eigenvalue weighted by molar-refractivity contribution is 0.344. The smallest absolute Gasteiger partial charge is 0.170 e. The van der Waals surface area contributed by atoms with Crippen molar-refractivity contribution in [1.29, 1.82) is 0 Å². The quantitative estimate of drug-likeness (QED) is 0.0617. The van der Waals surface area contributed by atoms with Crippen molar-refractivity contribution in [2.45, 2.75) is 6.92 Å². The average Bonchev–Trinajstić information content (AvgIpc) is 4.34. The van der Waals surface area contributed by atoms with E-state index in [4.69, 9.17) is 34.6 Å². The third kappa shape index (κ3) is 8.35. The Labute approximate surface area is 447 Å². The van der Waals surface area contributed by atoms with E-state index in [0.717, 1.165) is 72.2 Å². The number of fused-ring (bicyclic) bond motifs is 20. The van der Waals surface area contributed by atoms with Crippen LogP contribution < -0.4 is 31.3 Å². The molecule has 0 fully saturated rings. The fraction of sp³-hybridized carbons (Fsp3) is 0.0312. The average molecular weight is 1010 g/mol. The van der Waals surface area contributed by atoms with Gasteiger partial charge in [-0.1, -0.05) is 158 Å². The molecule has 0 amide bonds. The monoisotopic (exact) mass is 1010 g/mol. The van der Waals surface area contributed by atoms with Crippen LogP contribution in [0.5, 0.6) is 5.75 Å². The van der Waals surface area contributed by atoms with Crippen molar-refractivity contribution in [2.75, 3.05) is 33.2 Å². The highest BCUT2D eigenvalue weighted by molar-refractivity contribution is 6.15. The van der Waals surface area contributed by atoms with Crippen molar-refractivity contribution in [3.8, 4) is 51.3 Å². The zero-order valence-electron chi connectivity index (χ0n) is 42.0. The fourth-order valence-electron chi connectivity index (χ4n) is 10.2. The molecule has 14 rings (SSSR count). The summed E-state index contributed by atoms with van der Waals surface area (Å²) in [5.74, 6) is 2.64. The maximum absolute atomic E-state index is 6.82. The molecule has 14 nitrogen and oxygen atoms in total. The van der Waals surface area contributed by atoms with Gasteiger partial charge in [0.05, 0.1) is 34.7 Å². The third-order valence-corrected chi connectivity index (χ3v) is 13.8. The summed E-state index contributed by atoms with van der Waals surface area (Å²) in [6.07, 6.45) is 0. The minimum Gasteiger partial charge on any atom is -0.489 e. The summed E-state index contributed by atoms with van der Waals surface area (Å²) in [4.78, 5) is 38.8. The van der Waals surface area contributed by atoms with Crippen LogP contribution >= 0.6 is 0 Å². The standard InChI is InChI=1S/C64H47N13O/c1-2-78-56-54(67-40-26-11-5-12-27-40)52(65-38-22-7-3-8-23-38)51(53(66-39-24-9-4-10-25-39)55(56)68-41-28-13-6-14-29-41)69-49-37-21-36-48-50(49)64-76-62-47-35-20-19-34-46(47)60(74-62)72-58-43-31-16-15-30-42(43)57(70-58)71-59-44-32-17-18-33-45(44)61(73-59)75-63(48)77-64/h3-37,65-69H,2H2,1H3,(H2,70,71,72,73,74,75,76,77). The van der Waals surface area contributed by atoms with Crippen LogP contribution in [0.2, 0.25) is 0 Å². The van der Waals surface area contributed by atoms with Gasteiger partial charge in [-0.3, -0.25) is 0 Å². The molecule has 5 heterocycles. The number of hydrogen-bond donors (Lipinski definition) is 7. The van der Waals surface area contributed by atoms with Crippen molar-refractivity contribution < 1.29 is 4.74 Å². The Kier molecular flexibility index (Phi) is 11.4. The van der Waals surface area contributed by atoms with Crippen molar-refractivity contribution in [1.82, 2.24) is 39.9 Å². The molecule has 0 unspecified atom stereocenters. The molecule has 3 aromatic heterocycles. The number of ether oxygens (including phenoxy) is 1. The van der Waals surface area contributed by atoms with Gasteiger partial charge in [0.15, 0.2) is 29.0 Å². The largest absolute Gasteiger partial charge is 0.489 e. The number of aromatic nitrogens is 8. The number of anilines is 10. The van der Waals surface area contributed by atoms with E-state index >= 15 is 0 Å². The van der Waals surface area contributed by atoms with Crippen molar-refractivity contribution in [3.63, 3.8) is 0 Å². The highest BCUT2D eigenvalue weighted by atomic mass is 16.5. The number of para-hydroxylation sites is 4. The van der Waals surface area contributed by atoms with Gasteiger partial charge in [-0.25, -0.2) is 29.9 Å². The molecule has 14 heteroatoms. The molecule has 0 radical (unpaired) electrons. The van der Waals surface area contributed by atoms with Gasteiger partial charge in [-0.15, -0.1) is 0 Å². The first kappa shape index (κ1) is 45.7. The van der Waals surface area contributed by atoms with Crippen LogP contribution in [-0.2, 0) is 0 Å². The third-order valence-electron chi connectivity index (χ3n) is 13.8. The summed E-state index contributed by atoms with van der Waals surface area (Å²) in [6.45, 7) is 2.37. The second-order valence-electron chi connectivity index (χ2n) is 18.7. The molecule has 0 aliphatic carbocycles. The van der Waals surface area contributed by atoms with E-state index in [1.807, 2.05) is 207 Å². The second-order valence-corrected chi connectivity index (χ2v) is 18.7. The van der Waals surface area contributed by atoms with Gasteiger partial charge in [-0.2, -0.15) is 0 Å². The Balaban J connectivity index is 1.09. The first-order chi connectivity index (χ1) is 38.6. The van der Waals surface area contributed by atoms with Gasteiger partial charge >= 0.3 is 0 Å². The van der Waals surface area contributed by atoms with Crippen LogP contribution in [0.25, 0.3) is 89.7 Å². The molecule has 374 valence electrons. The number of nitrogens with one attached hydrogen (secondary N) is 7. The topological polar surface area (TPSA) is 178 Å². The predicted octanol–water partition coefficient (Wildman–Crippen LogP) is 16.0. The van der Waals surface area contributed by atoms with Crippen LogP contribution in [0.15, 0.2) is 212 Å². The zero-order chi connectivity index (χ0) is 51.9. The minimum atomic E-state index is 0.375. The Morgan fingerprint density at radius 3 is 1.08 bits per heavy atom. The van der Waals surface area contributed by atoms with Crippen LogP contribution in [0.3, 0.4) is 0 Å². The molecule has 0 saturated heterocycles. The summed E-state index contributed by atoms with van der Waals surface area (Å²) in [5.41, 5.74) is 13.3. The van der Waals surface area contributed by atoms with Gasteiger partial charge in [0.2, 0.25) is 0 Å². The van der Waals surface area contributed by atoms with E-state index in [9.17, 15) is 0 Å². The van der Waals surface area contributed by atoms with Gasteiger partial charge in [-0.05, 0) is 61.5 Å². The van der Waals surface area contributed by atoms with E-state index in [0.29, 0.717) is 86.7 Å². The van der Waals surface area contributed by atoms with Crippen molar-refractivity contribution in [3.05, 3.63) is 212 Å². The van der Waals surface area contributed by atoms with Crippen molar-refractivity contribution >= 4 is 101 Å². The summed E-state index contributed by atoms with van der Waals surface area (Å²) in [7, 11) is 0. The summed E-state index contributed by atoms with van der Waals surface area (Å²) in [6, 6.07) is 70.8. The molecular weight excluding hydrogens is 967 g/mol. The molecule has 0 spiro atoms. The van der Waals surface area contributed by atoms with Gasteiger partial charge in [0, 0.05) is 61.2 Å². The first-order valence-corrected chi connectivity index (χ1v) is 25.8. The molecule has 2 aliphatic rings. The van der Waals surface area contributed by atoms with E-state index in [1.54, 1.807) is 0 Å². The number of aromatic amines is 2. The number of rotatable bonds is 12. The van der Waals surface area contributed by atoms with Gasteiger partial charge in [0.25, 0.3) is 0 Å². The summed E-state index contributed by atoms with van der Waals surface area (Å²) < 4.78 is 6.82. The molecule has 0 atom stereocenters. The maximum Gasteiger partial charge on any atom is 0.170 e. The molecule has 78 heavy (non-hydrogen) atoms. The summed E-state index contributed by atoms with van der Waals surface area (Å²) in [5, 5.41) is 22.7. The summed E-state index contributed by atoms with van der Waals surface area (Å²) >= 11 is 0. The maximum atomic E-state index is 6.82. The lowest BCUT2D eigenvalue weighted by atomic mass is 10.1. The molecule has 0 saturated carbocycles. The number of nitrogens with zero attached hydrogens (tertiary/aromatic N) is 6. The molecule has 8 bridgehead atoms. The molecule has 9 aromatic carbocycles. The van der Waals surface area contributed by atoms with Crippen LogP contribution in [-0.4, -0.2) is 46.5 Å². The molecular formula is C64H47N13O. The van der Waals surface area contributed by atoms with E-state index in [1.165, 1.54) is 0 Å². The van der Waals surface area contributed by atoms with Crippen LogP contribution in [0, 0.1) is 0 Å². The van der Waals surface area contributed by atoms with E-state index in [-0.39, 0.29) is 0 Å². The fourth-order valence-corrected chi connectivity index (χ4v) is 10.2. The molecule has 7 N–H and O–H groups in total. The van der Waals surface area contributed by atoms with Crippen LogP contribution in [0.1, 0.15) is 6.92 Å². The molecule has 2 aliphatic heterocycles. The zero-order valence-corrected chi connectivity index (χ0v) is 42.0. The van der Waals surface area contributed by atoms with Crippen LogP contribution in [0.4, 0.5) is 56.9 Å². The lowest BCUT2D eigenvalue weighted by Gasteiger charge is -2.29.